The molecule has 0 spiro atoms. The van der Waals surface area contributed by atoms with Crippen molar-refractivity contribution in [2.75, 3.05) is 13.7 Å². The summed E-state index contributed by atoms with van der Waals surface area (Å²) < 4.78 is 5.08. The van der Waals surface area contributed by atoms with Gasteiger partial charge in [0.25, 0.3) is 0 Å². The van der Waals surface area contributed by atoms with Crippen LogP contribution in [0.15, 0.2) is 24.3 Å². The monoisotopic (exact) mass is 263 g/mol. The van der Waals surface area contributed by atoms with Crippen molar-refractivity contribution in [3.63, 3.8) is 0 Å². The quantitative estimate of drug-likeness (QED) is 0.784. The van der Waals surface area contributed by atoms with Crippen LogP contribution in [0.4, 0.5) is 0 Å². The second kappa shape index (κ2) is 6.57. The second-order valence-electron chi connectivity index (χ2n) is 5.05. The van der Waals surface area contributed by atoms with Crippen molar-refractivity contribution in [2.24, 2.45) is 5.92 Å². The summed E-state index contributed by atoms with van der Waals surface area (Å²) in [6.07, 6.45) is 3.35. The summed E-state index contributed by atoms with van der Waals surface area (Å²) in [5.74, 6) is 1.38. The molecule has 0 radical (unpaired) electrons. The van der Waals surface area contributed by atoms with Crippen molar-refractivity contribution in [1.82, 2.24) is 5.32 Å². The maximum atomic E-state index is 12.0. The van der Waals surface area contributed by atoms with Crippen LogP contribution < -0.4 is 10.1 Å². The van der Waals surface area contributed by atoms with E-state index in [1.807, 2.05) is 24.3 Å². The van der Waals surface area contributed by atoms with Gasteiger partial charge in [0.2, 0.25) is 5.91 Å². The van der Waals surface area contributed by atoms with E-state index in [-0.39, 0.29) is 18.6 Å². The van der Waals surface area contributed by atoms with E-state index in [0.29, 0.717) is 18.8 Å². The Bertz CT molecular complexity index is 412. The summed E-state index contributed by atoms with van der Waals surface area (Å²) in [7, 11) is 1.62. The molecule has 4 nitrogen and oxygen atoms in total. The maximum Gasteiger partial charge on any atom is 0.224 e. The Kier molecular flexibility index (Phi) is 4.80. The van der Waals surface area contributed by atoms with Crippen molar-refractivity contribution in [2.45, 2.75) is 31.7 Å². The lowest BCUT2D eigenvalue weighted by molar-refractivity contribution is -0.121. The van der Waals surface area contributed by atoms with E-state index in [9.17, 15) is 4.79 Å². The third-order valence-electron chi connectivity index (χ3n) is 3.50. The summed E-state index contributed by atoms with van der Waals surface area (Å²) in [4.78, 5) is 12.0. The molecule has 1 aliphatic rings. The lowest BCUT2D eigenvalue weighted by Gasteiger charge is -2.17. The highest BCUT2D eigenvalue weighted by molar-refractivity contribution is 5.79. The van der Waals surface area contributed by atoms with Crippen molar-refractivity contribution < 1.29 is 14.6 Å². The zero-order valence-electron chi connectivity index (χ0n) is 11.3. The van der Waals surface area contributed by atoms with E-state index >= 15 is 0 Å². The first kappa shape index (κ1) is 13.9. The van der Waals surface area contributed by atoms with Crippen molar-refractivity contribution >= 4 is 5.91 Å². The fourth-order valence-corrected chi connectivity index (χ4v) is 2.25. The lowest BCUT2D eigenvalue weighted by Crippen LogP contribution is -2.38. The van der Waals surface area contributed by atoms with Gasteiger partial charge >= 0.3 is 0 Å². The van der Waals surface area contributed by atoms with Crippen LogP contribution in [-0.2, 0) is 11.2 Å². The molecular weight excluding hydrogens is 242 g/mol. The Labute approximate surface area is 113 Å². The minimum atomic E-state index is 0.0236. The number of hydrogen-bond donors (Lipinski definition) is 2. The van der Waals surface area contributed by atoms with Crippen molar-refractivity contribution in [1.29, 1.82) is 0 Å². The minimum Gasteiger partial charge on any atom is -0.497 e. The molecule has 1 aromatic rings. The smallest absolute Gasteiger partial charge is 0.224 e. The fraction of sp³-hybridized carbons (Fsp3) is 0.533. The van der Waals surface area contributed by atoms with Crippen molar-refractivity contribution in [3.8, 4) is 5.75 Å². The number of methoxy groups -OCH3 is 1. The highest BCUT2D eigenvalue weighted by Crippen LogP contribution is 2.33. The largest absolute Gasteiger partial charge is 0.497 e. The number of nitrogens with one attached hydrogen (secondary N) is 1. The highest BCUT2D eigenvalue weighted by Gasteiger charge is 2.31. The van der Waals surface area contributed by atoms with Gasteiger partial charge in [-0.15, -0.1) is 0 Å². The van der Waals surface area contributed by atoms with Gasteiger partial charge in [-0.25, -0.2) is 0 Å². The normalized spacial score (nSPS) is 15.9. The Morgan fingerprint density at radius 1 is 1.42 bits per heavy atom. The molecule has 0 bridgehead atoms. The molecule has 1 atom stereocenters. The van der Waals surface area contributed by atoms with Gasteiger partial charge in [-0.05, 0) is 42.9 Å². The average Bonchev–Trinajstić information content (AvgIpc) is 3.23. The van der Waals surface area contributed by atoms with Crippen LogP contribution in [0.2, 0.25) is 0 Å². The third-order valence-corrected chi connectivity index (χ3v) is 3.50. The number of hydrogen-bond acceptors (Lipinski definition) is 3. The number of rotatable bonds is 7. The topological polar surface area (TPSA) is 58.6 Å². The Morgan fingerprint density at radius 2 is 2.11 bits per heavy atom. The molecule has 0 aliphatic heterocycles. The molecule has 0 aromatic heterocycles. The summed E-state index contributed by atoms with van der Waals surface area (Å²) in [5, 5.41) is 12.0. The van der Waals surface area contributed by atoms with Crippen LogP contribution in [-0.4, -0.2) is 30.8 Å². The van der Waals surface area contributed by atoms with Gasteiger partial charge in [-0.1, -0.05) is 12.1 Å². The molecule has 2 N–H and O–H groups in total. The maximum absolute atomic E-state index is 12.0. The molecule has 1 unspecified atom stereocenters. The predicted molar refractivity (Wildman–Crippen MR) is 73.1 cm³/mol. The summed E-state index contributed by atoms with van der Waals surface area (Å²) in [6.45, 7) is 0.129. The van der Waals surface area contributed by atoms with Gasteiger partial charge in [-0.2, -0.15) is 0 Å². The number of ether oxygens (including phenoxy) is 1. The molecule has 4 heteroatoms. The van der Waals surface area contributed by atoms with Gasteiger partial charge in [0.1, 0.15) is 5.75 Å². The molecule has 0 heterocycles. The van der Waals surface area contributed by atoms with E-state index in [1.54, 1.807) is 7.11 Å². The molecule has 1 saturated carbocycles. The summed E-state index contributed by atoms with van der Waals surface area (Å²) in [6, 6.07) is 7.65. The zero-order valence-corrected chi connectivity index (χ0v) is 11.3. The van der Waals surface area contributed by atoms with Crippen LogP contribution in [0.25, 0.3) is 0 Å². The number of amides is 1. The number of carbonyl (C=O) groups is 1. The SMILES string of the molecule is COc1ccc(CC(=O)NC(CCO)C2CC2)cc1. The van der Waals surface area contributed by atoms with Crippen LogP contribution in [0.5, 0.6) is 5.75 Å². The Balaban J connectivity index is 1.85. The van der Waals surface area contributed by atoms with E-state index in [1.165, 1.54) is 0 Å². The Hall–Kier alpha value is -1.55. The van der Waals surface area contributed by atoms with E-state index in [2.05, 4.69) is 5.32 Å². The number of aliphatic hydroxyl groups excluding tert-OH is 1. The molecule has 1 amide bonds. The molecule has 1 aliphatic carbocycles. The van der Waals surface area contributed by atoms with Gasteiger partial charge in [0.05, 0.1) is 13.5 Å². The second-order valence-corrected chi connectivity index (χ2v) is 5.05. The predicted octanol–water partition coefficient (Wildman–Crippen LogP) is 1.51. The molecule has 0 saturated heterocycles. The van der Waals surface area contributed by atoms with Crippen LogP contribution in [0, 0.1) is 5.92 Å². The van der Waals surface area contributed by atoms with Crippen molar-refractivity contribution in [3.05, 3.63) is 29.8 Å². The van der Waals surface area contributed by atoms with Gasteiger partial charge in [0, 0.05) is 12.6 Å². The third kappa shape index (κ3) is 4.24. The van der Waals surface area contributed by atoms with Crippen LogP contribution in [0.3, 0.4) is 0 Å². The first-order valence-electron chi connectivity index (χ1n) is 6.76. The number of carbonyl (C=O) groups excluding carboxylic acids is 1. The molecule has 104 valence electrons. The zero-order chi connectivity index (χ0) is 13.7. The van der Waals surface area contributed by atoms with Gasteiger partial charge in [0.15, 0.2) is 0 Å². The molecule has 19 heavy (non-hydrogen) atoms. The number of aliphatic hydroxyl groups is 1. The van der Waals surface area contributed by atoms with E-state index in [4.69, 9.17) is 9.84 Å². The van der Waals surface area contributed by atoms with E-state index in [0.717, 1.165) is 24.2 Å². The van der Waals surface area contributed by atoms with Crippen LogP contribution >= 0.6 is 0 Å². The van der Waals surface area contributed by atoms with Gasteiger partial charge in [-0.3, -0.25) is 4.79 Å². The fourth-order valence-electron chi connectivity index (χ4n) is 2.25. The molecule has 1 fully saturated rings. The Morgan fingerprint density at radius 3 is 2.63 bits per heavy atom. The minimum absolute atomic E-state index is 0.0236. The van der Waals surface area contributed by atoms with E-state index < -0.39 is 0 Å². The first-order valence-corrected chi connectivity index (χ1v) is 6.76. The summed E-state index contributed by atoms with van der Waals surface area (Å²) in [5.41, 5.74) is 0.969. The average molecular weight is 263 g/mol. The number of benzene rings is 1. The first-order chi connectivity index (χ1) is 9.22. The highest BCUT2D eigenvalue weighted by atomic mass is 16.5. The van der Waals surface area contributed by atoms with Crippen LogP contribution in [0.1, 0.15) is 24.8 Å². The lowest BCUT2D eigenvalue weighted by atomic mass is 10.1. The molecule has 1 aromatic carbocycles. The molecule has 2 rings (SSSR count). The summed E-state index contributed by atoms with van der Waals surface area (Å²) >= 11 is 0. The van der Waals surface area contributed by atoms with Gasteiger partial charge < -0.3 is 15.2 Å². The molecular formula is C15H21NO3. The standard InChI is InChI=1S/C15H21NO3/c1-19-13-6-2-11(3-7-13)10-15(18)16-14(8-9-17)12-4-5-12/h2-3,6-7,12,14,17H,4-5,8-10H2,1H3,(H,16,18).